The Morgan fingerprint density at radius 2 is 2.08 bits per heavy atom. The summed E-state index contributed by atoms with van der Waals surface area (Å²) in [6, 6.07) is 2.99. The Balaban J connectivity index is 1.34. The van der Waals surface area contributed by atoms with Crippen molar-refractivity contribution >= 4 is 22.0 Å². The molecule has 36 heavy (non-hydrogen) atoms. The molecule has 2 fully saturated rings. The zero-order chi connectivity index (χ0) is 25.0. The lowest BCUT2D eigenvalue weighted by atomic mass is 9.97. The molecule has 1 unspecified atom stereocenters. The number of hydrogen-bond donors (Lipinski definition) is 1. The largest absolute Gasteiger partial charge is 0.493 e. The molecule has 1 N–H and O–H groups in total. The summed E-state index contributed by atoms with van der Waals surface area (Å²) in [5.41, 5.74) is 5.70. The van der Waals surface area contributed by atoms with E-state index in [4.69, 9.17) is 19.6 Å². The Kier molecular flexibility index (Phi) is 5.93. The van der Waals surface area contributed by atoms with Gasteiger partial charge in [-0.25, -0.2) is 14.5 Å². The van der Waals surface area contributed by atoms with Crippen LogP contribution in [0.5, 0.6) is 5.75 Å². The summed E-state index contributed by atoms with van der Waals surface area (Å²) in [7, 11) is 1.65. The molecule has 6 heterocycles. The zero-order valence-corrected chi connectivity index (χ0v) is 22.2. The second kappa shape index (κ2) is 9.13. The minimum atomic E-state index is 0.242. The van der Waals surface area contributed by atoms with Crippen LogP contribution in [0.1, 0.15) is 37.9 Å². The van der Waals surface area contributed by atoms with Gasteiger partial charge in [0.1, 0.15) is 22.0 Å². The van der Waals surface area contributed by atoms with Gasteiger partial charge in [-0.15, -0.1) is 0 Å². The number of aromatic amines is 1. The van der Waals surface area contributed by atoms with Crippen molar-refractivity contribution in [2.45, 2.75) is 45.7 Å². The number of rotatable bonds is 6. The number of nitrogens with one attached hydrogen (secondary N) is 1. The first-order valence-electron chi connectivity index (χ1n) is 12.5. The topological polar surface area (TPSA) is 96.7 Å². The molecule has 4 aromatic heterocycles. The van der Waals surface area contributed by atoms with Gasteiger partial charge < -0.3 is 14.4 Å². The van der Waals surface area contributed by atoms with E-state index in [1.165, 1.54) is 11.3 Å². The van der Waals surface area contributed by atoms with Gasteiger partial charge in [0.2, 0.25) is 0 Å². The number of pyridine rings is 1. The quantitative estimate of drug-likeness (QED) is 0.422. The smallest absolute Gasteiger partial charge is 0.197 e. The highest BCUT2D eigenvalue weighted by Gasteiger charge is 2.34. The number of nitrogens with zero attached hydrogens (tertiary/aromatic N) is 7. The third-order valence-corrected chi connectivity index (χ3v) is 8.46. The predicted molar refractivity (Wildman–Crippen MR) is 140 cm³/mol. The Labute approximate surface area is 214 Å². The van der Waals surface area contributed by atoms with E-state index in [9.17, 15) is 0 Å². The summed E-state index contributed by atoms with van der Waals surface area (Å²) in [5, 5.41) is 14.6. The minimum absolute atomic E-state index is 0.242. The molecule has 2 saturated heterocycles. The molecule has 0 aromatic carbocycles. The predicted octanol–water partition coefficient (Wildman–Crippen LogP) is 3.59. The Bertz CT molecular complexity index is 1390. The van der Waals surface area contributed by atoms with Crippen molar-refractivity contribution in [2.24, 2.45) is 0 Å². The molecule has 2 aliphatic heterocycles. The molecule has 2 aliphatic rings. The van der Waals surface area contributed by atoms with Gasteiger partial charge in [0.25, 0.3) is 0 Å². The van der Waals surface area contributed by atoms with Crippen LogP contribution in [-0.4, -0.2) is 86.7 Å². The van der Waals surface area contributed by atoms with Gasteiger partial charge in [0.05, 0.1) is 37.8 Å². The number of piperazine rings is 1. The number of H-pyrrole nitrogens is 1. The fourth-order valence-electron chi connectivity index (χ4n) is 5.29. The highest BCUT2D eigenvalue weighted by molar-refractivity contribution is 7.19. The van der Waals surface area contributed by atoms with E-state index in [-0.39, 0.29) is 5.92 Å². The summed E-state index contributed by atoms with van der Waals surface area (Å²) in [5.74, 6) is 0.913. The van der Waals surface area contributed by atoms with Gasteiger partial charge in [-0.1, -0.05) is 25.2 Å². The molecule has 0 radical (unpaired) electrons. The van der Waals surface area contributed by atoms with Crippen molar-refractivity contribution in [1.29, 1.82) is 0 Å². The van der Waals surface area contributed by atoms with E-state index in [2.05, 4.69) is 52.7 Å². The third-order valence-electron chi connectivity index (χ3n) is 7.26. The normalized spacial score (nSPS) is 19.4. The Morgan fingerprint density at radius 3 is 2.78 bits per heavy atom. The highest BCUT2D eigenvalue weighted by atomic mass is 32.1. The van der Waals surface area contributed by atoms with Crippen LogP contribution in [0, 0.1) is 6.92 Å². The van der Waals surface area contributed by atoms with Crippen molar-refractivity contribution in [3.05, 3.63) is 29.8 Å². The number of anilines is 1. The van der Waals surface area contributed by atoms with Crippen LogP contribution in [0.4, 0.5) is 5.00 Å². The minimum Gasteiger partial charge on any atom is -0.493 e. The summed E-state index contributed by atoms with van der Waals surface area (Å²) < 4.78 is 12.7. The van der Waals surface area contributed by atoms with Crippen LogP contribution in [0.3, 0.4) is 0 Å². The monoisotopic (exact) mass is 508 g/mol. The number of fused-ring (bicyclic) bond motifs is 1. The summed E-state index contributed by atoms with van der Waals surface area (Å²) in [4.78, 5) is 14.4. The fraction of sp³-hybridized carbons (Fsp3) is 0.520. The Morgan fingerprint density at radius 1 is 1.25 bits per heavy atom. The van der Waals surface area contributed by atoms with Gasteiger partial charge in [0.15, 0.2) is 11.4 Å². The van der Waals surface area contributed by atoms with Crippen LogP contribution in [0.15, 0.2) is 18.6 Å². The maximum Gasteiger partial charge on any atom is 0.197 e. The van der Waals surface area contributed by atoms with E-state index < -0.39 is 0 Å². The number of ether oxygens (including phenoxy) is 2. The average Bonchev–Trinajstić information content (AvgIpc) is 3.55. The van der Waals surface area contributed by atoms with Crippen molar-refractivity contribution in [2.75, 3.05) is 44.9 Å². The number of aryl methyl sites for hydroxylation is 1. The van der Waals surface area contributed by atoms with Crippen molar-refractivity contribution in [3.8, 4) is 27.7 Å². The maximum absolute atomic E-state index is 5.59. The number of hydrogen-bond acceptors (Lipinski definition) is 9. The molecular weight excluding hydrogens is 476 g/mol. The molecule has 11 heteroatoms. The lowest BCUT2D eigenvalue weighted by Crippen LogP contribution is -2.59. The second-order valence-corrected chi connectivity index (χ2v) is 11.0. The SMILES string of the molecule is COc1cc(-c2[nH]nc(-c3nc(C)c(N4CCN(C5COC5)CC4C)s3)c2C(C)C)cn2ncnc12. The van der Waals surface area contributed by atoms with Crippen LogP contribution < -0.4 is 9.64 Å². The molecular formula is C25H32N8O2S. The lowest BCUT2D eigenvalue weighted by molar-refractivity contribution is -0.0691. The molecule has 6 rings (SSSR count). The van der Waals surface area contributed by atoms with Crippen LogP contribution in [0.2, 0.25) is 0 Å². The number of aromatic nitrogens is 6. The summed E-state index contributed by atoms with van der Waals surface area (Å²) in [6.45, 7) is 13.6. The average molecular weight is 509 g/mol. The molecule has 0 amide bonds. The zero-order valence-electron chi connectivity index (χ0n) is 21.4. The molecule has 0 saturated carbocycles. The summed E-state index contributed by atoms with van der Waals surface area (Å²) >= 11 is 1.74. The molecule has 0 aliphatic carbocycles. The lowest BCUT2D eigenvalue weighted by Gasteiger charge is -2.46. The number of thiazole rings is 1. The molecule has 190 valence electrons. The fourth-order valence-corrected chi connectivity index (χ4v) is 6.49. The van der Waals surface area contributed by atoms with Crippen molar-refractivity contribution < 1.29 is 9.47 Å². The van der Waals surface area contributed by atoms with Crippen molar-refractivity contribution in [1.82, 2.24) is 34.7 Å². The van der Waals surface area contributed by atoms with E-state index in [1.807, 2.05) is 12.3 Å². The summed E-state index contributed by atoms with van der Waals surface area (Å²) in [6.07, 6.45) is 3.49. The van der Waals surface area contributed by atoms with Gasteiger partial charge in [0, 0.05) is 43.0 Å². The molecule has 0 spiro atoms. The van der Waals surface area contributed by atoms with Crippen LogP contribution >= 0.6 is 11.3 Å². The molecule has 1 atom stereocenters. The molecule has 0 bridgehead atoms. The first kappa shape index (κ1) is 23.4. The standard InChI is InChI=1S/C25H32N8O2S/c1-14(2)20-21(17-8-19(34-5)23-26-13-27-33(23)10-17)29-30-22(20)24-28-16(4)25(36-24)32-7-6-31(9-15(32)3)18-11-35-12-18/h8,10,13-15,18H,6-7,9,11-12H2,1-5H3,(H,29,30). The van der Waals surface area contributed by atoms with E-state index in [0.29, 0.717) is 23.5 Å². The third kappa shape index (κ3) is 3.86. The van der Waals surface area contributed by atoms with E-state index in [1.54, 1.807) is 23.0 Å². The first-order valence-corrected chi connectivity index (χ1v) is 13.3. The highest BCUT2D eigenvalue weighted by Crippen LogP contribution is 2.41. The van der Waals surface area contributed by atoms with Gasteiger partial charge in [-0.3, -0.25) is 10.00 Å². The van der Waals surface area contributed by atoms with Crippen LogP contribution in [-0.2, 0) is 4.74 Å². The van der Waals surface area contributed by atoms with E-state index in [0.717, 1.165) is 66.1 Å². The van der Waals surface area contributed by atoms with Gasteiger partial charge in [-0.05, 0) is 25.8 Å². The Hall–Kier alpha value is -3.02. The first-order chi connectivity index (χ1) is 17.4. The maximum atomic E-state index is 5.59. The molecule has 10 nitrogen and oxygen atoms in total. The van der Waals surface area contributed by atoms with Crippen molar-refractivity contribution in [3.63, 3.8) is 0 Å². The van der Waals surface area contributed by atoms with Gasteiger partial charge in [-0.2, -0.15) is 10.2 Å². The second-order valence-electron chi connectivity index (χ2n) is 9.98. The van der Waals surface area contributed by atoms with Gasteiger partial charge >= 0.3 is 0 Å². The van der Waals surface area contributed by atoms with E-state index >= 15 is 0 Å². The number of methoxy groups -OCH3 is 1. The van der Waals surface area contributed by atoms with Crippen LogP contribution in [0.25, 0.3) is 27.6 Å². The molecule has 4 aromatic rings.